The van der Waals surface area contributed by atoms with E-state index in [4.69, 9.17) is 0 Å². The van der Waals surface area contributed by atoms with Gasteiger partial charge < -0.3 is 9.47 Å². The fraction of sp³-hybridized carbons (Fsp3) is 0.810. The van der Waals surface area contributed by atoms with E-state index in [2.05, 4.69) is 37.4 Å². The van der Waals surface area contributed by atoms with E-state index in [-0.39, 0.29) is 5.92 Å². The second-order valence-electron chi connectivity index (χ2n) is 8.50. The minimum atomic E-state index is 0.243. The predicted molar refractivity (Wildman–Crippen MR) is 106 cm³/mol. The summed E-state index contributed by atoms with van der Waals surface area (Å²) in [7, 11) is 0. The predicted octanol–water partition coefficient (Wildman–Crippen LogP) is 2.20. The van der Waals surface area contributed by atoms with Crippen LogP contribution in [0.1, 0.15) is 51.3 Å². The van der Waals surface area contributed by atoms with Crippen molar-refractivity contribution >= 4 is 5.91 Å². The van der Waals surface area contributed by atoms with Crippen molar-refractivity contribution in [2.45, 2.75) is 64.6 Å². The molecular weight excluding hydrogens is 338 g/mol. The Morgan fingerprint density at radius 3 is 2.59 bits per heavy atom. The summed E-state index contributed by atoms with van der Waals surface area (Å²) in [5, 5.41) is 0. The number of carbonyl (C=O) groups excluding carboxylic acids is 1. The molecule has 3 saturated heterocycles. The summed E-state index contributed by atoms with van der Waals surface area (Å²) in [5.41, 5.74) is 0. The molecule has 0 spiro atoms. The zero-order chi connectivity index (χ0) is 18.6. The molecule has 1 amide bonds. The number of amides is 1. The van der Waals surface area contributed by atoms with Gasteiger partial charge in [0.2, 0.25) is 5.91 Å². The van der Waals surface area contributed by atoms with E-state index < -0.39 is 0 Å². The lowest BCUT2D eigenvalue weighted by molar-refractivity contribution is -0.136. The van der Waals surface area contributed by atoms with Crippen molar-refractivity contribution in [3.05, 3.63) is 18.2 Å². The second-order valence-corrected chi connectivity index (χ2v) is 8.50. The molecule has 0 radical (unpaired) electrons. The third-order valence-electron chi connectivity index (χ3n) is 6.80. The highest BCUT2D eigenvalue weighted by atomic mass is 16.2. The second kappa shape index (κ2) is 8.74. The van der Waals surface area contributed by atoms with Gasteiger partial charge in [0.15, 0.2) is 0 Å². The number of piperidine rings is 2. The number of hydrogen-bond donors (Lipinski definition) is 0. The van der Waals surface area contributed by atoms with E-state index in [0.29, 0.717) is 11.9 Å². The van der Waals surface area contributed by atoms with Crippen LogP contribution >= 0.6 is 0 Å². The summed E-state index contributed by atoms with van der Waals surface area (Å²) in [5.74, 6) is 1.86. The molecule has 0 bridgehead atoms. The Balaban J connectivity index is 1.27. The van der Waals surface area contributed by atoms with Crippen LogP contribution in [-0.2, 0) is 17.9 Å². The van der Waals surface area contributed by atoms with Gasteiger partial charge in [-0.25, -0.2) is 4.98 Å². The minimum Gasteiger partial charge on any atom is -0.342 e. The van der Waals surface area contributed by atoms with E-state index >= 15 is 0 Å². The van der Waals surface area contributed by atoms with Crippen LogP contribution in [0.4, 0.5) is 0 Å². The number of carbonyl (C=O) groups is 1. The van der Waals surface area contributed by atoms with Crippen molar-refractivity contribution in [3.63, 3.8) is 0 Å². The molecule has 150 valence electrons. The van der Waals surface area contributed by atoms with E-state index in [0.717, 1.165) is 52.2 Å². The fourth-order valence-electron chi connectivity index (χ4n) is 5.16. The molecule has 1 unspecified atom stereocenters. The van der Waals surface area contributed by atoms with Gasteiger partial charge >= 0.3 is 0 Å². The molecule has 27 heavy (non-hydrogen) atoms. The summed E-state index contributed by atoms with van der Waals surface area (Å²) in [6.45, 7) is 10.5. The highest BCUT2D eigenvalue weighted by Crippen LogP contribution is 2.26. The van der Waals surface area contributed by atoms with Gasteiger partial charge in [0.05, 0.1) is 12.5 Å². The van der Waals surface area contributed by atoms with Crippen LogP contribution < -0.4 is 0 Å². The lowest BCUT2D eigenvalue weighted by atomic mass is 9.93. The summed E-state index contributed by atoms with van der Waals surface area (Å²) in [6.07, 6.45) is 11.1. The summed E-state index contributed by atoms with van der Waals surface area (Å²) in [4.78, 5) is 24.6. The normalized spacial score (nSPS) is 26.0. The average Bonchev–Trinajstić information content (AvgIpc) is 3.40. The number of imidazole rings is 1. The third kappa shape index (κ3) is 4.37. The molecule has 3 fully saturated rings. The molecule has 0 N–H and O–H groups in total. The lowest BCUT2D eigenvalue weighted by Gasteiger charge is -2.42. The summed E-state index contributed by atoms with van der Waals surface area (Å²) >= 11 is 0. The number of hydrogen-bond acceptors (Lipinski definition) is 4. The van der Waals surface area contributed by atoms with Crippen molar-refractivity contribution in [1.29, 1.82) is 0 Å². The van der Waals surface area contributed by atoms with Crippen LogP contribution in [0.5, 0.6) is 0 Å². The molecule has 0 aliphatic carbocycles. The Morgan fingerprint density at radius 1 is 1.07 bits per heavy atom. The molecule has 0 aromatic carbocycles. The number of rotatable bonds is 5. The van der Waals surface area contributed by atoms with Crippen LogP contribution in [0.15, 0.2) is 12.4 Å². The van der Waals surface area contributed by atoms with Crippen LogP contribution in [0.2, 0.25) is 0 Å². The monoisotopic (exact) mass is 373 g/mol. The van der Waals surface area contributed by atoms with Gasteiger partial charge in [-0.15, -0.1) is 0 Å². The lowest BCUT2D eigenvalue weighted by Crippen LogP contribution is -2.51. The van der Waals surface area contributed by atoms with Crippen LogP contribution in [0.25, 0.3) is 0 Å². The Kier molecular flexibility index (Phi) is 6.13. The maximum absolute atomic E-state index is 12.8. The fourth-order valence-corrected chi connectivity index (χ4v) is 5.16. The molecule has 4 rings (SSSR count). The first-order valence-electron chi connectivity index (χ1n) is 11.0. The maximum atomic E-state index is 12.8. The average molecular weight is 374 g/mol. The number of likely N-dealkylation sites (tertiary alicyclic amines) is 3. The molecule has 3 aliphatic rings. The molecule has 1 aromatic rings. The standard InChI is InChI=1S/C21H35N5O/c1-2-24-15-9-22-20(24)17-23-13-7-19(8-14-23)26-12-5-6-18(16-26)21(27)25-10-3-4-11-25/h9,15,18-19H,2-8,10-14,16-17H2,1H3. The number of nitrogens with zero attached hydrogens (tertiary/aromatic N) is 5. The van der Waals surface area contributed by atoms with Crippen LogP contribution in [0, 0.1) is 5.92 Å². The SMILES string of the molecule is CCn1ccnc1CN1CCC(N2CCCC(C(=O)N3CCCC3)C2)CC1. The quantitative estimate of drug-likeness (QED) is 0.794. The molecule has 3 aliphatic heterocycles. The van der Waals surface area contributed by atoms with Crippen molar-refractivity contribution < 1.29 is 4.79 Å². The van der Waals surface area contributed by atoms with Gasteiger partial charge in [-0.2, -0.15) is 0 Å². The van der Waals surface area contributed by atoms with E-state index in [1.54, 1.807) is 0 Å². The van der Waals surface area contributed by atoms with Gasteiger partial charge in [-0.1, -0.05) is 0 Å². The largest absolute Gasteiger partial charge is 0.342 e. The first-order valence-corrected chi connectivity index (χ1v) is 11.0. The van der Waals surface area contributed by atoms with Gasteiger partial charge in [0.25, 0.3) is 0 Å². The van der Waals surface area contributed by atoms with Crippen LogP contribution in [-0.4, -0.2) is 75.5 Å². The number of aromatic nitrogens is 2. The van der Waals surface area contributed by atoms with Crippen molar-refractivity contribution in [3.8, 4) is 0 Å². The molecule has 1 aromatic heterocycles. The first kappa shape index (κ1) is 18.9. The highest BCUT2D eigenvalue weighted by molar-refractivity contribution is 5.79. The van der Waals surface area contributed by atoms with Crippen LogP contribution in [0.3, 0.4) is 0 Å². The van der Waals surface area contributed by atoms with E-state index in [9.17, 15) is 4.79 Å². The Hall–Kier alpha value is -1.40. The third-order valence-corrected chi connectivity index (χ3v) is 6.80. The van der Waals surface area contributed by atoms with Crippen molar-refractivity contribution in [2.75, 3.05) is 39.3 Å². The zero-order valence-corrected chi connectivity index (χ0v) is 16.9. The van der Waals surface area contributed by atoms with Gasteiger partial charge in [0.1, 0.15) is 5.82 Å². The molecule has 1 atom stereocenters. The van der Waals surface area contributed by atoms with Gasteiger partial charge in [-0.05, 0) is 52.0 Å². The molecule has 6 heteroatoms. The maximum Gasteiger partial charge on any atom is 0.226 e. The Bertz CT molecular complexity index is 616. The highest BCUT2D eigenvalue weighted by Gasteiger charge is 2.34. The van der Waals surface area contributed by atoms with E-state index in [1.165, 1.54) is 44.5 Å². The summed E-state index contributed by atoms with van der Waals surface area (Å²) in [6, 6.07) is 0.654. The van der Waals surface area contributed by atoms with Crippen molar-refractivity contribution in [1.82, 2.24) is 24.3 Å². The Labute approximate surface area is 163 Å². The zero-order valence-electron chi connectivity index (χ0n) is 16.9. The molecular formula is C21H35N5O. The minimum absolute atomic E-state index is 0.243. The van der Waals surface area contributed by atoms with Crippen molar-refractivity contribution in [2.24, 2.45) is 5.92 Å². The molecule has 0 saturated carbocycles. The number of aryl methyl sites for hydroxylation is 1. The van der Waals surface area contributed by atoms with Gasteiger partial charge in [-0.3, -0.25) is 14.6 Å². The van der Waals surface area contributed by atoms with Gasteiger partial charge in [0, 0.05) is 57.7 Å². The van der Waals surface area contributed by atoms with E-state index in [1.807, 2.05) is 6.20 Å². The molecule has 4 heterocycles. The smallest absolute Gasteiger partial charge is 0.226 e. The summed E-state index contributed by atoms with van der Waals surface area (Å²) < 4.78 is 2.24. The topological polar surface area (TPSA) is 44.6 Å². The Morgan fingerprint density at radius 2 is 1.85 bits per heavy atom. The molecule has 6 nitrogen and oxygen atoms in total. The first-order chi connectivity index (χ1) is 13.2.